The largest absolute Gasteiger partial charge is 0.396 e. The topological polar surface area (TPSA) is 75.4 Å². The van der Waals surface area contributed by atoms with Gasteiger partial charge in [0.15, 0.2) is 0 Å². The fraction of sp³-hybridized carbons (Fsp3) is 0.889. The van der Waals surface area contributed by atoms with E-state index >= 15 is 0 Å². The molecule has 0 aliphatic rings. The van der Waals surface area contributed by atoms with Gasteiger partial charge in [-0.15, -0.1) is 0 Å². The van der Waals surface area contributed by atoms with Crippen molar-refractivity contribution in [3.05, 3.63) is 0 Å². The summed E-state index contributed by atoms with van der Waals surface area (Å²) < 4.78 is 0. The Morgan fingerprint density at radius 3 is 2.62 bits per heavy atom. The molecule has 0 aliphatic heterocycles. The normalized spacial score (nSPS) is 13.0. The van der Waals surface area contributed by atoms with E-state index in [1.54, 1.807) is 0 Å². The highest BCUT2D eigenvalue weighted by atomic mass is 16.3. The van der Waals surface area contributed by atoms with E-state index in [0.717, 1.165) is 0 Å². The minimum absolute atomic E-state index is 0.0969. The molecule has 0 aromatic heterocycles. The Morgan fingerprint density at radius 2 is 2.15 bits per heavy atom. The highest BCUT2D eigenvalue weighted by Gasteiger charge is 2.13. The number of hydrogen-bond donors (Lipinski definition) is 3. The smallest absolute Gasteiger partial charge is 0.236 e. The highest BCUT2D eigenvalue weighted by Crippen LogP contribution is 2.02. The van der Waals surface area contributed by atoms with Crippen molar-refractivity contribution in [2.75, 3.05) is 13.2 Å². The minimum atomic E-state index is -0.418. The van der Waals surface area contributed by atoms with Gasteiger partial charge in [0.1, 0.15) is 0 Å². The maximum atomic E-state index is 11.2. The lowest BCUT2D eigenvalue weighted by Crippen LogP contribution is -2.41. The van der Waals surface area contributed by atoms with E-state index in [1.807, 2.05) is 13.8 Å². The number of rotatable bonds is 6. The summed E-state index contributed by atoms with van der Waals surface area (Å²) in [6, 6.07) is -0.418. The lowest BCUT2D eigenvalue weighted by atomic mass is 10.0. The summed E-state index contributed by atoms with van der Waals surface area (Å²) >= 11 is 0. The van der Waals surface area contributed by atoms with Gasteiger partial charge in [-0.25, -0.2) is 0 Å². The lowest BCUT2D eigenvalue weighted by Gasteiger charge is -2.13. The van der Waals surface area contributed by atoms with E-state index in [9.17, 15) is 4.79 Å². The van der Waals surface area contributed by atoms with Gasteiger partial charge in [0.05, 0.1) is 6.04 Å². The second-order valence-electron chi connectivity index (χ2n) is 3.60. The van der Waals surface area contributed by atoms with Crippen molar-refractivity contribution in [3.63, 3.8) is 0 Å². The van der Waals surface area contributed by atoms with E-state index in [2.05, 4.69) is 5.32 Å². The van der Waals surface area contributed by atoms with Crippen molar-refractivity contribution in [2.45, 2.75) is 32.7 Å². The molecule has 0 rings (SSSR count). The van der Waals surface area contributed by atoms with E-state index in [0.29, 0.717) is 25.3 Å². The Morgan fingerprint density at radius 1 is 1.54 bits per heavy atom. The first-order valence-electron chi connectivity index (χ1n) is 4.72. The molecule has 1 amide bonds. The molecular weight excluding hydrogens is 168 g/mol. The maximum Gasteiger partial charge on any atom is 0.236 e. The molecule has 0 aromatic carbocycles. The van der Waals surface area contributed by atoms with Crippen LogP contribution in [-0.2, 0) is 4.79 Å². The van der Waals surface area contributed by atoms with Crippen LogP contribution in [-0.4, -0.2) is 30.2 Å². The molecule has 0 saturated carbocycles. The summed E-state index contributed by atoms with van der Waals surface area (Å²) in [5.41, 5.74) is 5.63. The van der Waals surface area contributed by atoms with Gasteiger partial charge in [-0.1, -0.05) is 13.8 Å². The van der Waals surface area contributed by atoms with Gasteiger partial charge < -0.3 is 16.2 Å². The van der Waals surface area contributed by atoms with E-state index in [1.165, 1.54) is 0 Å². The molecule has 4 nitrogen and oxygen atoms in total. The third-order valence-corrected chi connectivity index (χ3v) is 1.70. The zero-order chi connectivity index (χ0) is 10.3. The molecule has 0 heterocycles. The molecule has 1 atom stereocenters. The van der Waals surface area contributed by atoms with Crippen molar-refractivity contribution in [1.29, 1.82) is 0 Å². The standard InChI is InChI=1S/C9H20N2O2/c1-7(2)6-8(10)9(13)11-4-3-5-12/h7-8,12H,3-6,10H2,1-2H3,(H,11,13)/t8-/m1/s1. The van der Waals surface area contributed by atoms with Crippen LogP contribution in [0.25, 0.3) is 0 Å². The summed E-state index contributed by atoms with van der Waals surface area (Å²) in [6.45, 7) is 4.66. The zero-order valence-electron chi connectivity index (χ0n) is 8.42. The molecule has 0 fully saturated rings. The number of carbonyl (C=O) groups is 1. The molecular formula is C9H20N2O2. The van der Waals surface area contributed by atoms with Gasteiger partial charge in [0.2, 0.25) is 5.91 Å². The monoisotopic (exact) mass is 188 g/mol. The molecule has 0 spiro atoms. The van der Waals surface area contributed by atoms with Crippen LogP contribution in [0.5, 0.6) is 0 Å². The van der Waals surface area contributed by atoms with E-state index < -0.39 is 6.04 Å². The number of hydrogen-bond acceptors (Lipinski definition) is 3. The van der Waals surface area contributed by atoms with Gasteiger partial charge in [0.25, 0.3) is 0 Å². The molecule has 13 heavy (non-hydrogen) atoms. The van der Waals surface area contributed by atoms with Crippen LogP contribution in [0.3, 0.4) is 0 Å². The number of amides is 1. The van der Waals surface area contributed by atoms with Crippen LogP contribution >= 0.6 is 0 Å². The lowest BCUT2D eigenvalue weighted by molar-refractivity contribution is -0.122. The Kier molecular flexibility index (Phi) is 6.54. The van der Waals surface area contributed by atoms with Crippen molar-refractivity contribution >= 4 is 5.91 Å². The van der Waals surface area contributed by atoms with Crippen molar-refractivity contribution in [3.8, 4) is 0 Å². The zero-order valence-corrected chi connectivity index (χ0v) is 8.42. The second kappa shape index (κ2) is 6.86. The van der Waals surface area contributed by atoms with Crippen molar-refractivity contribution < 1.29 is 9.90 Å². The number of aliphatic hydroxyl groups excluding tert-OH is 1. The molecule has 0 aliphatic carbocycles. The van der Waals surface area contributed by atoms with E-state index in [-0.39, 0.29) is 12.5 Å². The summed E-state index contributed by atoms with van der Waals surface area (Å²) in [7, 11) is 0. The fourth-order valence-electron chi connectivity index (χ4n) is 1.04. The number of carbonyl (C=O) groups excluding carboxylic acids is 1. The predicted octanol–water partition coefficient (Wildman–Crippen LogP) is -0.142. The molecule has 0 bridgehead atoms. The van der Waals surface area contributed by atoms with Crippen LogP contribution in [0.15, 0.2) is 0 Å². The summed E-state index contributed by atoms with van der Waals surface area (Å²) in [5, 5.41) is 11.1. The van der Waals surface area contributed by atoms with Crippen LogP contribution in [0.1, 0.15) is 26.7 Å². The van der Waals surface area contributed by atoms with Crippen molar-refractivity contribution in [1.82, 2.24) is 5.32 Å². The average Bonchev–Trinajstić information content (AvgIpc) is 2.03. The number of aliphatic hydroxyl groups is 1. The van der Waals surface area contributed by atoms with Crippen molar-refractivity contribution in [2.24, 2.45) is 11.7 Å². The SMILES string of the molecule is CC(C)C[C@@H](N)C(=O)NCCCO. The predicted molar refractivity (Wildman–Crippen MR) is 52.1 cm³/mol. The molecule has 0 aromatic rings. The first-order valence-corrected chi connectivity index (χ1v) is 4.72. The third-order valence-electron chi connectivity index (χ3n) is 1.70. The molecule has 4 heteroatoms. The fourth-order valence-corrected chi connectivity index (χ4v) is 1.04. The molecule has 78 valence electrons. The Balaban J connectivity index is 3.57. The van der Waals surface area contributed by atoms with Crippen LogP contribution in [0.2, 0.25) is 0 Å². The van der Waals surface area contributed by atoms with Gasteiger partial charge in [-0.2, -0.15) is 0 Å². The highest BCUT2D eigenvalue weighted by molar-refractivity contribution is 5.81. The minimum Gasteiger partial charge on any atom is -0.396 e. The summed E-state index contributed by atoms with van der Waals surface area (Å²) in [6.07, 6.45) is 1.28. The summed E-state index contributed by atoms with van der Waals surface area (Å²) in [5.74, 6) is 0.306. The average molecular weight is 188 g/mol. The Hall–Kier alpha value is -0.610. The van der Waals surface area contributed by atoms with Crippen LogP contribution in [0, 0.1) is 5.92 Å². The first-order chi connectivity index (χ1) is 6.07. The molecule has 0 unspecified atom stereocenters. The first kappa shape index (κ1) is 12.4. The molecule has 4 N–H and O–H groups in total. The summed E-state index contributed by atoms with van der Waals surface area (Å²) in [4.78, 5) is 11.2. The second-order valence-corrected chi connectivity index (χ2v) is 3.60. The number of nitrogens with one attached hydrogen (secondary N) is 1. The molecule has 0 radical (unpaired) electrons. The maximum absolute atomic E-state index is 11.2. The van der Waals surface area contributed by atoms with Crippen LogP contribution < -0.4 is 11.1 Å². The molecule has 0 saturated heterocycles. The quantitative estimate of drug-likeness (QED) is 0.508. The Labute approximate surface area is 79.5 Å². The number of nitrogens with two attached hydrogens (primary N) is 1. The van der Waals surface area contributed by atoms with Gasteiger partial charge in [-0.3, -0.25) is 4.79 Å². The van der Waals surface area contributed by atoms with Gasteiger partial charge in [-0.05, 0) is 18.8 Å². The Bertz CT molecular complexity index is 149. The third kappa shape index (κ3) is 6.54. The van der Waals surface area contributed by atoms with Crippen LogP contribution in [0.4, 0.5) is 0 Å². The van der Waals surface area contributed by atoms with E-state index in [4.69, 9.17) is 10.8 Å². The van der Waals surface area contributed by atoms with Gasteiger partial charge >= 0.3 is 0 Å². The van der Waals surface area contributed by atoms with Gasteiger partial charge in [0, 0.05) is 13.2 Å².